The van der Waals surface area contributed by atoms with Crippen LogP contribution in [0.25, 0.3) is 0 Å². The molecule has 1 rings (SSSR count). The normalized spacial score (nSPS) is 13.2. The van der Waals surface area contributed by atoms with Gasteiger partial charge in [-0.25, -0.2) is 4.79 Å². The van der Waals surface area contributed by atoms with E-state index in [1.807, 2.05) is 0 Å². The Bertz CT molecular complexity index is 347. The summed E-state index contributed by atoms with van der Waals surface area (Å²) in [4.78, 5) is 10.4. The molecule has 13 heavy (non-hydrogen) atoms. The number of carboxylic acids is 1. The molecule has 1 N–H and O–H groups in total. The Kier molecular flexibility index (Phi) is 3.10. The summed E-state index contributed by atoms with van der Waals surface area (Å²) in [7, 11) is -1.25. The summed E-state index contributed by atoms with van der Waals surface area (Å²) in [5.41, 5.74) is 0. The highest BCUT2D eigenvalue weighted by atomic mass is 32.2. The summed E-state index contributed by atoms with van der Waals surface area (Å²) in [5.74, 6) is -1.13. The molecule has 0 amide bonds. The Morgan fingerprint density at radius 2 is 2.15 bits per heavy atom. The van der Waals surface area contributed by atoms with Crippen LogP contribution < -0.4 is 0 Å². The van der Waals surface area contributed by atoms with Crippen molar-refractivity contribution in [2.45, 2.75) is 23.4 Å². The maximum absolute atomic E-state index is 11.4. The highest BCUT2D eigenvalue weighted by Gasteiger charge is 2.17. The molecule has 0 aliphatic heterocycles. The lowest BCUT2D eigenvalue weighted by Crippen LogP contribution is -2.04. The van der Waals surface area contributed by atoms with Crippen molar-refractivity contribution in [3.63, 3.8) is 0 Å². The van der Waals surface area contributed by atoms with Crippen molar-refractivity contribution >= 4 is 28.1 Å². The monoisotopic (exact) mass is 220 g/mol. The first-order chi connectivity index (χ1) is 6.02. The summed E-state index contributed by atoms with van der Waals surface area (Å²) in [6.07, 6.45) is 0. The van der Waals surface area contributed by atoms with E-state index in [9.17, 15) is 9.00 Å². The minimum Gasteiger partial charge on any atom is -0.476 e. The van der Waals surface area contributed by atoms with Crippen molar-refractivity contribution in [3.8, 4) is 0 Å². The summed E-state index contributed by atoms with van der Waals surface area (Å²) in [5, 5.41) is 15.3. The third kappa shape index (κ3) is 2.31. The topological polar surface area (TPSA) is 80.2 Å². The lowest BCUT2D eigenvalue weighted by molar-refractivity contribution is 0.0695. The van der Waals surface area contributed by atoms with E-state index in [2.05, 4.69) is 10.2 Å². The molecule has 0 saturated heterocycles. The van der Waals surface area contributed by atoms with Gasteiger partial charge in [0.2, 0.25) is 9.35 Å². The zero-order valence-electron chi connectivity index (χ0n) is 7.05. The van der Waals surface area contributed by atoms with Gasteiger partial charge in [-0.3, -0.25) is 4.21 Å². The molecular weight excluding hydrogens is 212 g/mol. The van der Waals surface area contributed by atoms with Crippen molar-refractivity contribution in [2.24, 2.45) is 0 Å². The zero-order chi connectivity index (χ0) is 10.0. The number of carbonyl (C=O) groups is 1. The third-order valence-electron chi connectivity index (χ3n) is 1.19. The molecule has 0 aliphatic carbocycles. The van der Waals surface area contributed by atoms with Crippen LogP contribution >= 0.6 is 11.3 Å². The van der Waals surface area contributed by atoms with Crippen molar-refractivity contribution in [3.05, 3.63) is 5.01 Å². The van der Waals surface area contributed by atoms with Gasteiger partial charge in [0.15, 0.2) is 0 Å². The molecule has 0 aromatic carbocycles. The lowest BCUT2D eigenvalue weighted by Gasteiger charge is -1.97. The van der Waals surface area contributed by atoms with Crippen LogP contribution in [0, 0.1) is 0 Å². The van der Waals surface area contributed by atoms with Crippen molar-refractivity contribution in [1.82, 2.24) is 10.2 Å². The molecule has 5 nitrogen and oxygen atoms in total. The quantitative estimate of drug-likeness (QED) is 0.813. The highest BCUT2D eigenvalue weighted by Crippen LogP contribution is 2.16. The zero-order valence-corrected chi connectivity index (χ0v) is 8.68. The van der Waals surface area contributed by atoms with E-state index in [-0.39, 0.29) is 14.6 Å². The van der Waals surface area contributed by atoms with Crippen LogP contribution in [0.5, 0.6) is 0 Å². The largest absolute Gasteiger partial charge is 0.476 e. The van der Waals surface area contributed by atoms with Crippen LogP contribution in [0.3, 0.4) is 0 Å². The smallest absolute Gasteiger partial charge is 0.367 e. The molecule has 72 valence electrons. The Hall–Kier alpha value is -0.820. The van der Waals surface area contributed by atoms with Gasteiger partial charge in [-0.2, -0.15) is 0 Å². The van der Waals surface area contributed by atoms with Gasteiger partial charge >= 0.3 is 5.97 Å². The van der Waals surface area contributed by atoms with E-state index in [1.165, 1.54) is 0 Å². The Balaban J connectivity index is 2.92. The van der Waals surface area contributed by atoms with Crippen LogP contribution in [0.2, 0.25) is 0 Å². The van der Waals surface area contributed by atoms with Gasteiger partial charge in [0.1, 0.15) is 0 Å². The fourth-order valence-electron chi connectivity index (χ4n) is 0.579. The molecule has 1 heterocycles. The summed E-state index contributed by atoms with van der Waals surface area (Å²) in [6, 6.07) is 0. The van der Waals surface area contributed by atoms with Gasteiger partial charge in [-0.15, -0.1) is 10.2 Å². The maximum atomic E-state index is 11.4. The SMILES string of the molecule is CC(C)S(=O)c1nnc(C(=O)O)s1. The number of nitrogens with zero attached hydrogens (tertiary/aromatic N) is 2. The highest BCUT2D eigenvalue weighted by molar-refractivity contribution is 7.87. The van der Waals surface area contributed by atoms with Gasteiger partial charge in [-0.05, 0) is 0 Å². The fourth-order valence-corrected chi connectivity index (χ4v) is 2.66. The Labute approximate surface area is 81.3 Å². The third-order valence-corrected chi connectivity index (χ3v) is 3.92. The second-order valence-corrected chi connectivity index (χ2v) is 5.68. The molecule has 7 heteroatoms. The standard InChI is InChI=1S/C6H8N2O3S2/c1-3(2)13(11)6-8-7-4(12-6)5(9)10/h3H,1-2H3,(H,9,10). The van der Waals surface area contributed by atoms with Crippen LogP contribution in [0.4, 0.5) is 0 Å². The predicted molar refractivity (Wildman–Crippen MR) is 48.4 cm³/mol. The average Bonchev–Trinajstić information content (AvgIpc) is 2.50. The second kappa shape index (κ2) is 3.93. The first-order valence-corrected chi connectivity index (χ1v) is 5.52. The summed E-state index contributed by atoms with van der Waals surface area (Å²) >= 11 is 0.855. The van der Waals surface area contributed by atoms with Gasteiger partial charge < -0.3 is 5.11 Å². The minimum atomic E-state index is -1.25. The molecule has 0 radical (unpaired) electrons. The lowest BCUT2D eigenvalue weighted by atomic mass is 10.6. The van der Waals surface area contributed by atoms with Crippen LogP contribution in [0.15, 0.2) is 4.34 Å². The first kappa shape index (κ1) is 10.3. The number of aromatic nitrogens is 2. The average molecular weight is 220 g/mol. The van der Waals surface area contributed by atoms with Crippen molar-refractivity contribution in [1.29, 1.82) is 0 Å². The molecule has 0 saturated carbocycles. The molecule has 1 atom stereocenters. The summed E-state index contributed by atoms with van der Waals surface area (Å²) < 4.78 is 11.7. The number of aromatic carboxylic acids is 1. The molecule has 0 aliphatic rings. The van der Waals surface area contributed by atoms with Crippen LogP contribution in [-0.2, 0) is 10.8 Å². The Morgan fingerprint density at radius 3 is 2.54 bits per heavy atom. The van der Waals surface area contributed by atoms with E-state index in [1.54, 1.807) is 13.8 Å². The number of carboxylic acid groups (broad SMARTS) is 1. The van der Waals surface area contributed by atoms with Gasteiger partial charge in [0.25, 0.3) is 0 Å². The Morgan fingerprint density at radius 1 is 1.54 bits per heavy atom. The van der Waals surface area contributed by atoms with Crippen LogP contribution in [0.1, 0.15) is 23.6 Å². The van der Waals surface area contributed by atoms with Gasteiger partial charge in [0, 0.05) is 5.25 Å². The number of hydrogen-bond acceptors (Lipinski definition) is 5. The molecule has 1 unspecified atom stereocenters. The van der Waals surface area contributed by atoms with Crippen molar-refractivity contribution < 1.29 is 14.1 Å². The van der Waals surface area contributed by atoms with E-state index in [0.29, 0.717) is 0 Å². The molecule has 1 aromatic heterocycles. The number of hydrogen-bond donors (Lipinski definition) is 1. The molecule has 1 aromatic rings. The van der Waals surface area contributed by atoms with E-state index < -0.39 is 16.8 Å². The van der Waals surface area contributed by atoms with E-state index in [0.717, 1.165) is 11.3 Å². The van der Waals surface area contributed by atoms with Crippen LogP contribution in [-0.4, -0.2) is 30.7 Å². The number of rotatable bonds is 3. The first-order valence-electron chi connectivity index (χ1n) is 3.49. The van der Waals surface area contributed by atoms with Crippen molar-refractivity contribution in [2.75, 3.05) is 0 Å². The van der Waals surface area contributed by atoms with Gasteiger partial charge in [-0.1, -0.05) is 25.2 Å². The molecule has 0 fully saturated rings. The van der Waals surface area contributed by atoms with Gasteiger partial charge in [0.05, 0.1) is 10.8 Å². The predicted octanol–water partition coefficient (Wildman–Crippen LogP) is 0.752. The molecule has 0 spiro atoms. The summed E-state index contributed by atoms with van der Waals surface area (Å²) in [6.45, 7) is 3.55. The van der Waals surface area contributed by atoms with E-state index >= 15 is 0 Å². The second-order valence-electron chi connectivity index (χ2n) is 2.52. The molecular formula is C6H8N2O3S2. The minimum absolute atomic E-state index is 0.0744. The molecule has 0 bridgehead atoms. The fraction of sp³-hybridized carbons (Fsp3) is 0.500. The maximum Gasteiger partial charge on any atom is 0.367 e. The van der Waals surface area contributed by atoms with E-state index in [4.69, 9.17) is 5.11 Å².